The first-order valence-corrected chi connectivity index (χ1v) is 12.1. The van der Waals surface area contributed by atoms with Gasteiger partial charge >= 0.3 is 5.97 Å². The van der Waals surface area contributed by atoms with Gasteiger partial charge in [0.2, 0.25) is 0 Å². The Morgan fingerprint density at radius 1 is 1.07 bits per heavy atom. The number of nitrogens with zero attached hydrogens (tertiary/aromatic N) is 2. The number of hydrogen-bond acceptors (Lipinski definition) is 4. The molecule has 30 heavy (non-hydrogen) atoms. The molecule has 1 unspecified atom stereocenters. The third-order valence-corrected chi connectivity index (χ3v) is 8.35. The van der Waals surface area contributed by atoms with Crippen molar-refractivity contribution in [3.63, 3.8) is 0 Å². The zero-order chi connectivity index (χ0) is 21.5. The molecule has 3 atom stereocenters. The molecule has 0 amide bonds. The zero-order valence-electron chi connectivity index (χ0n) is 16.5. The van der Waals surface area contributed by atoms with Crippen molar-refractivity contribution in [1.29, 1.82) is 0 Å². The lowest BCUT2D eigenvalue weighted by atomic mass is 10.1. The number of rotatable bonds is 6. The molecule has 2 N–H and O–H groups in total. The van der Waals surface area contributed by atoms with Crippen molar-refractivity contribution in [3.8, 4) is 0 Å². The second kappa shape index (κ2) is 7.96. The van der Waals surface area contributed by atoms with Crippen LogP contribution in [0.2, 0.25) is 0 Å². The van der Waals surface area contributed by atoms with Gasteiger partial charge in [-0.2, -0.15) is 17.4 Å². The fourth-order valence-electron chi connectivity index (χ4n) is 4.42. The third-order valence-electron chi connectivity index (χ3n) is 6.18. The van der Waals surface area contributed by atoms with E-state index in [0.29, 0.717) is 26.2 Å². The first kappa shape index (κ1) is 21.3. The van der Waals surface area contributed by atoms with Crippen LogP contribution in [0.5, 0.6) is 0 Å². The average Bonchev–Trinajstić information content (AvgIpc) is 3.33. The van der Waals surface area contributed by atoms with Crippen LogP contribution in [-0.4, -0.2) is 55.5 Å². The third kappa shape index (κ3) is 3.75. The lowest BCUT2D eigenvalue weighted by molar-refractivity contribution is -0.140. The maximum atomic E-state index is 13.1. The number of halogens is 1. The van der Waals surface area contributed by atoms with Gasteiger partial charge < -0.3 is 10.0 Å². The van der Waals surface area contributed by atoms with Crippen molar-refractivity contribution < 1.29 is 18.3 Å². The average molecular weight is 494 g/mol. The van der Waals surface area contributed by atoms with Crippen molar-refractivity contribution in [2.75, 3.05) is 31.1 Å². The topological polar surface area (TPSA) is 90.0 Å². The molecular weight excluding hydrogens is 470 g/mol. The Hall–Kier alpha value is -1.94. The van der Waals surface area contributed by atoms with E-state index in [1.54, 1.807) is 6.92 Å². The Labute approximate surface area is 185 Å². The molecule has 1 saturated heterocycles. The number of carbonyl (C=O) groups is 1. The number of anilines is 1. The Bertz CT molecular complexity index is 1020. The van der Waals surface area contributed by atoms with Gasteiger partial charge in [-0.05, 0) is 35.7 Å². The lowest BCUT2D eigenvalue weighted by Crippen LogP contribution is -2.56. The summed E-state index contributed by atoms with van der Waals surface area (Å²) < 4.78 is 31.0. The van der Waals surface area contributed by atoms with E-state index in [4.69, 9.17) is 0 Å². The number of aliphatic carboxylic acids is 1. The largest absolute Gasteiger partial charge is 0.480 e. The molecule has 2 aromatic rings. The quantitative estimate of drug-likeness (QED) is 0.645. The molecule has 0 spiro atoms. The highest BCUT2D eigenvalue weighted by atomic mass is 79.9. The maximum absolute atomic E-state index is 13.1. The van der Waals surface area contributed by atoms with E-state index in [0.717, 1.165) is 15.7 Å². The van der Waals surface area contributed by atoms with Gasteiger partial charge in [0, 0.05) is 42.3 Å². The van der Waals surface area contributed by atoms with Crippen LogP contribution in [-0.2, 0) is 15.0 Å². The van der Waals surface area contributed by atoms with E-state index in [9.17, 15) is 18.3 Å². The molecule has 2 fully saturated rings. The molecule has 1 heterocycles. The number of nitrogens with one attached hydrogen (secondary N) is 1. The molecule has 0 aromatic heterocycles. The zero-order valence-corrected chi connectivity index (χ0v) is 18.9. The highest BCUT2D eigenvalue weighted by Crippen LogP contribution is 2.57. The minimum atomic E-state index is -3.94. The Kier molecular flexibility index (Phi) is 5.65. The van der Waals surface area contributed by atoms with E-state index in [1.165, 1.54) is 4.31 Å². The van der Waals surface area contributed by atoms with Crippen molar-refractivity contribution in [1.82, 2.24) is 9.03 Å². The molecule has 0 radical (unpaired) electrons. The van der Waals surface area contributed by atoms with Crippen LogP contribution in [0.15, 0.2) is 59.1 Å². The van der Waals surface area contributed by atoms with Crippen LogP contribution in [0.1, 0.15) is 18.4 Å². The summed E-state index contributed by atoms with van der Waals surface area (Å²) in [5, 5.41) is 9.92. The van der Waals surface area contributed by atoms with E-state index >= 15 is 0 Å². The molecule has 2 aromatic carbocycles. The Morgan fingerprint density at radius 2 is 1.67 bits per heavy atom. The van der Waals surface area contributed by atoms with E-state index in [1.807, 2.05) is 54.6 Å². The minimum absolute atomic E-state index is 0.297. The summed E-state index contributed by atoms with van der Waals surface area (Å²) >= 11 is 3.41. The monoisotopic (exact) mass is 493 g/mol. The summed E-state index contributed by atoms with van der Waals surface area (Å²) in [5.41, 5.74) is 0.351. The maximum Gasteiger partial charge on any atom is 0.325 e. The number of benzene rings is 2. The predicted molar refractivity (Wildman–Crippen MR) is 119 cm³/mol. The fourth-order valence-corrected chi connectivity index (χ4v) is 6.28. The second-order valence-electron chi connectivity index (χ2n) is 7.82. The standard InChI is InChI=1S/C21H24BrN3O4S/c1-15-19(16-5-3-2-4-6-16)21(15,20(26)27)23-30(28,29)25-13-11-24(12-14-25)18-9-7-17(22)8-10-18/h2-10,15,19,23H,11-14H2,1H3,(H,26,27)/t15?,19-,21-/m0/s1. The number of piperazine rings is 1. The van der Waals surface area contributed by atoms with Crippen molar-refractivity contribution in [3.05, 3.63) is 64.6 Å². The van der Waals surface area contributed by atoms with Crippen LogP contribution in [0.3, 0.4) is 0 Å². The van der Waals surface area contributed by atoms with Crippen molar-refractivity contribution >= 4 is 37.8 Å². The van der Waals surface area contributed by atoms with Gasteiger partial charge in [-0.1, -0.05) is 53.2 Å². The van der Waals surface area contributed by atoms with E-state index in [-0.39, 0.29) is 5.92 Å². The fraction of sp³-hybridized carbons (Fsp3) is 0.381. The smallest absolute Gasteiger partial charge is 0.325 e. The van der Waals surface area contributed by atoms with Gasteiger partial charge in [-0.3, -0.25) is 4.79 Å². The summed E-state index contributed by atoms with van der Waals surface area (Å²) in [6.45, 7) is 3.46. The van der Waals surface area contributed by atoms with E-state index in [2.05, 4.69) is 25.6 Å². The predicted octanol–water partition coefficient (Wildman–Crippen LogP) is 2.66. The van der Waals surface area contributed by atoms with Crippen molar-refractivity contribution in [2.24, 2.45) is 5.92 Å². The van der Waals surface area contributed by atoms with Gasteiger partial charge in [0.15, 0.2) is 0 Å². The first-order valence-electron chi connectivity index (χ1n) is 9.83. The molecule has 9 heteroatoms. The van der Waals surface area contributed by atoms with Crippen LogP contribution in [0.25, 0.3) is 0 Å². The summed E-state index contributed by atoms with van der Waals surface area (Å²) in [5.74, 6) is -1.87. The SMILES string of the molecule is CC1[C@@H](c2ccccc2)[C@]1(NS(=O)(=O)N1CCN(c2ccc(Br)cc2)CC1)C(=O)O. The van der Waals surface area contributed by atoms with Gasteiger partial charge in [-0.25, -0.2) is 0 Å². The van der Waals surface area contributed by atoms with Gasteiger partial charge in [-0.15, -0.1) is 0 Å². The molecular formula is C21H24BrN3O4S. The molecule has 0 bridgehead atoms. The van der Waals surface area contributed by atoms with Crippen LogP contribution in [0.4, 0.5) is 5.69 Å². The summed E-state index contributed by atoms with van der Waals surface area (Å²) in [4.78, 5) is 14.3. The second-order valence-corrected chi connectivity index (χ2v) is 10.4. The Morgan fingerprint density at radius 3 is 2.23 bits per heavy atom. The molecule has 1 aliphatic carbocycles. The van der Waals surface area contributed by atoms with E-state index < -0.39 is 27.6 Å². The molecule has 1 aliphatic heterocycles. The van der Waals surface area contributed by atoms with Crippen LogP contribution >= 0.6 is 15.9 Å². The van der Waals surface area contributed by atoms with Gasteiger partial charge in [0.25, 0.3) is 10.2 Å². The minimum Gasteiger partial charge on any atom is -0.480 e. The number of carboxylic acid groups (broad SMARTS) is 1. The normalized spacial score (nSPS) is 27.1. The van der Waals surface area contributed by atoms with Gasteiger partial charge in [0.1, 0.15) is 5.54 Å². The molecule has 1 saturated carbocycles. The summed E-state index contributed by atoms with van der Waals surface area (Å²) in [6.07, 6.45) is 0. The molecule has 4 rings (SSSR count). The lowest BCUT2D eigenvalue weighted by Gasteiger charge is -2.36. The summed E-state index contributed by atoms with van der Waals surface area (Å²) in [7, 11) is -3.94. The highest BCUT2D eigenvalue weighted by molar-refractivity contribution is 9.10. The first-order chi connectivity index (χ1) is 14.3. The number of hydrogen-bond donors (Lipinski definition) is 2. The molecule has 160 valence electrons. The van der Waals surface area contributed by atoms with Crippen molar-refractivity contribution in [2.45, 2.75) is 18.4 Å². The number of carboxylic acids is 1. The highest BCUT2D eigenvalue weighted by Gasteiger charge is 2.70. The Balaban J connectivity index is 1.47. The van der Waals surface area contributed by atoms with Gasteiger partial charge in [0.05, 0.1) is 0 Å². The van der Waals surface area contributed by atoms with Crippen LogP contribution < -0.4 is 9.62 Å². The molecule has 7 nitrogen and oxygen atoms in total. The summed E-state index contributed by atoms with van der Waals surface area (Å²) in [6, 6.07) is 17.1. The molecule has 2 aliphatic rings. The van der Waals surface area contributed by atoms with Crippen LogP contribution in [0, 0.1) is 5.92 Å².